The van der Waals surface area contributed by atoms with Gasteiger partial charge in [-0.2, -0.15) is 0 Å². The van der Waals surface area contributed by atoms with Crippen molar-refractivity contribution >= 4 is 33.2 Å². The maximum Gasteiger partial charge on any atom is 0.271 e. The monoisotopic (exact) mass is 518 g/mol. The molecule has 0 unspecified atom stereocenters. The van der Waals surface area contributed by atoms with E-state index in [4.69, 9.17) is 0 Å². The third kappa shape index (κ3) is 8.04. The molecule has 36 heavy (non-hydrogen) atoms. The molecule has 0 spiro atoms. The summed E-state index contributed by atoms with van der Waals surface area (Å²) in [6.07, 6.45) is 1.24. The number of nitrogens with zero attached hydrogens (tertiary/aromatic N) is 3. The van der Waals surface area contributed by atoms with Crippen LogP contribution in [-0.4, -0.2) is 55.4 Å². The molecule has 0 heterocycles. The van der Waals surface area contributed by atoms with Crippen molar-refractivity contribution in [1.82, 2.24) is 10.2 Å². The van der Waals surface area contributed by atoms with E-state index in [1.54, 1.807) is 6.92 Å². The van der Waals surface area contributed by atoms with Crippen LogP contribution in [0, 0.1) is 23.0 Å². The predicted octanol–water partition coefficient (Wildman–Crippen LogP) is 3.25. The molecule has 0 saturated heterocycles. The van der Waals surface area contributed by atoms with E-state index in [-0.39, 0.29) is 29.7 Å². The van der Waals surface area contributed by atoms with Crippen LogP contribution in [0.1, 0.15) is 38.3 Å². The van der Waals surface area contributed by atoms with Gasteiger partial charge in [0.25, 0.3) is 5.69 Å². The molecule has 0 bridgehead atoms. The van der Waals surface area contributed by atoms with Crippen LogP contribution in [0.2, 0.25) is 0 Å². The first-order valence-electron chi connectivity index (χ1n) is 11.7. The number of rotatable bonds is 12. The van der Waals surface area contributed by atoms with Crippen LogP contribution in [0.5, 0.6) is 0 Å². The van der Waals surface area contributed by atoms with E-state index in [1.165, 1.54) is 23.1 Å². The zero-order chi connectivity index (χ0) is 27.0. The number of hydrogen-bond acceptors (Lipinski definition) is 6. The average Bonchev–Trinajstić information content (AvgIpc) is 2.80. The second-order valence-electron chi connectivity index (χ2n) is 9.12. The molecule has 2 rings (SSSR count). The Labute approximate surface area is 212 Å². The van der Waals surface area contributed by atoms with Gasteiger partial charge in [-0.3, -0.25) is 24.0 Å². The first-order valence-corrected chi connectivity index (χ1v) is 13.5. The minimum absolute atomic E-state index is 0.00661. The Kier molecular flexibility index (Phi) is 9.97. The van der Waals surface area contributed by atoms with Crippen LogP contribution in [0.3, 0.4) is 0 Å². The van der Waals surface area contributed by atoms with E-state index in [2.05, 4.69) is 5.32 Å². The lowest BCUT2D eigenvalue weighted by atomic mass is 10.1. The summed E-state index contributed by atoms with van der Waals surface area (Å²) in [6.45, 7) is 7.53. The maximum atomic E-state index is 13.6. The van der Waals surface area contributed by atoms with Crippen molar-refractivity contribution < 1.29 is 22.9 Å². The van der Waals surface area contributed by atoms with Gasteiger partial charge in [0.15, 0.2) is 0 Å². The highest BCUT2D eigenvalue weighted by Crippen LogP contribution is 2.24. The fourth-order valence-electron chi connectivity index (χ4n) is 3.72. The van der Waals surface area contributed by atoms with Gasteiger partial charge in [-0.15, -0.1) is 0 Å². The van der Waals surface area contributed by atoms with Crippen LogP contribution in [-0.2, 0) is 26.2 Å². The number of aryl methyl sites for hydroxylation is 1. The van der Waals surface area contributed by atoms with Crippen molar-refractivity contribution in [2.45, 2.75) is 46.7 Å². The van der Waals surface area contributed by atoms with Crippen molar-refractivity contribution in [2.75, 3.05) is 23.7 Å². The van der Waals surface area contributed by atoms with E-state index in [1.807, 2.05) is 45.0 Å². The Balaban J connectivity index is 2.46. The average molecular weight is 519 g/mol. The lowest BCUT2D eigenvalue weighted by Gasteiger charge is -2.33. The number of carbonyl (C=O) groups is 2. The quantitative estimate of drug-likeness (QED) is 0.339. The normalized spacial score (nSPS) is 12.2. The molecular formula is C25H34N4O6S. The molecule has 2 aromatic rings. The van der Waals surface area contributed by atoms with Crippen LogP contribution in [0.25, 0.3) is 0 Å². The topological polar surface area (TPSA) is 130 Å². The molecule has 0 aliphatic heterocycles. The molecule has 0 fully saturated rings. The smallest absolute Gasteiger partial charge is 0.271 e. The molecule has 2 amide bonds. The van der Waals surface area contributed by atoms with Gasteiger partial charge < -0.3 is 10.2 Å². The van der Waals surface area contributed by atoms with Crippen LogP contribution in [0.15, 0.2) is 48.5 Å². The molecule has 0 aromatic heterocycles. The number of benzene rings is 2. The van der Waals surface area contributed by atoms with Crippen molar-refractivity contribution in [3.8, 4) is 0 Å². The number of non-ortho nitro benzene ring substituents is 1. The fourth-order valence-corrected chi connectivity index (χ4v) is 4.57. The van der Waals surface area contributed by atoms with Gasteiger partial charge in [0.05, 0.1) is 16.9 Å². The molecule has 0 radical (unpaired) electrons. The summed E-state index contributed by atoms with van der Waals surface area (Å²) in [5.74, 6) is -0.713. The lowest BCUT2D eigenvalue weighted by molar-refractivity contribution is -0.384. The highest BCUT2D eigenvalue weighted by atomic mass is 32.2. The molecule has 0 aliphatic carbocycles. The van der Waals surface area contributed by atoms with Gasteiger partial charge in [-0.05, 0) is 30.9 Å². The summed E-state index contributed by atoms with van der Waals surface area (Å²) < 4.78 is 26.1. The van der Waals surface area contributed by atoms with Crippen molar-refractivity contribution in [1.29, 1.82) is 0 Å². The SMILES string of the molecule is CC[C@@H](C(=O)NCC(C)C)N(Cc1cccc(C)c1)C(=O)CN(c1cccc([N+](=O)[O-])c1)S(C)(=O)=O. The summed E-state index contributed by atoms with van der Waals surface area (Å²) in [7, 11) is -3.98. The van der Waals surface area contributed by atoms with Crippen molar-refractivity contribution in [3.05, 3.63) is 69.8 Å². The van der Waals surface area contributed by atoms with Crippen LogP contribution < -0.4 is 9.62 Å². The second-order valence-corrected chi connectivity index (χ2v) is 11.0. The highest BCUT2D eigenvalue weighted by molar-refractivity contribution is 7.92. The van der Waals surface area contributed by atoms with E-state index >= 15 is 0 Å². The Bertz CT molecular complexity index is 1200. The van der Waals surface area contributed by atoms with Gasteiger partial charge in [0.1, 0.15) is 12.6 Å². The zero-order valence-electron chi connectivity index (χ0n) is 21.3. The van der Waals surface area contributed by atoms with Crippen molar-refractivity contribution in [3.63, 3.8) is 0 Å². The van der Waals surface area contributed by atoms with E-state index in [0.29, 0.717) is 13.0 Å². The molecule has 11 heteroatoms. The van der Waals surface area contributed by atoms with Gasteiger partial charge in [0, 0.05) is 25.2 Å². The number of hydrogen-bond donors (Lipinski definition) is 1. The maximum absolute atomic E-state index is 13.6. The highest BCUT2D eigenvalue weighted by Gasteiger charge is 2.32. The van der Waals surface area contributed by atoms with Gasteiger partial charge in [0.2, 0.25) is 21.8 Å². The first-order chi connectivity index (χ1) is 16.8. The Morgan fingerprint density at radius 1 is 1.11 bits per heavy atom. The summed E-state index contributed by atoms with van der Waals surface area (Å²) in [5.41, 5.74) is 1.46. The van der Waals surface area contributed by atoms with E-state index in [0.717, 1.165) is 27.8 Å². The summed E-state index contributed by atoms with van der Waals surface area (Å²) in [4.78, 5) is 38.6. The third-order valence-electron chi connectivity index (χ3n) is 5.51. The van der Waals surface area contributed by atoms with Gasteiger partial charge in [-0.25, -0.2) is 8.42 Å². The molecule has 10 nitrogen and oxygen atoms in total. The molecule has 1 N–H and O–H groups in total. The minimum atomic E-state index is -3.98. The number of nitro groups is 1. The molecule has 2 aromatic carbocycles. The lowest BCUT2D eigenvalue weighted by Crippen LogP contribution is -2.52. The van der Waals surface area contributed by atoms with Gasteiger partial charge in [-0.1, -0.05) is 56.7 Å². The van der Waals surface area contributed by atoms with Crippen LogP contribution in [0.4, 0.5) is 11.4 Å². The number of sulfonamides is 1. The van der Waals surface area contributed by atoms with E-state index in [9.17, 15) is 28.1 Å². The first kappa shape index (κ1) is 28.8. The minimum Gasteiger partial charge on any atom is -0.354 e. The van der Waals surface area contributed by atoms with Crippen molar-refractivity contribution in [2.24, 2.45) is 5.92 Å². The summed E-state index contributed by atoms with van der Waals surface area (Å²) >= 11 is 0. The molecule has 1 atom stereocenters. The molecule has 0 aliphatic rings. The number of nitro benzene ring substituents is 1. The summed E-state index contributed by atoms with van der Waals surface area (Å²) in [5, 5.41) is 14.1. The van der Waals surface area contributed by atoms with Crippen LogP contribution >= 0.6 is 0 Å². The standard InChI is InChI=1S/C25H34N4O6S/c1-6-23(25(31)26-15-18(2)3)27(16-20-10-7-9-19(4)13-20)24(30)17-28(36(5,34)35)21-11-8-12-22(14-21)29(32)33/h7-14,18,23H,6,15-17H2,1-5H3,(H,26,31)/t23-/m0/s1. The Hall–Kier alpha value is -3.47. The number of amides is 2. The zero-order valence-corrected chi connectivity index (χ0v) is 22.1. The Morgan fingerprint density at radius 3 is 2.33 bits per heavy atom. The summed E-state index contributed by atoms with van der Waals surface area (Å²) in [6, 6.07) is 11.7. The van der Waals surface area contributed by atoms with E-state index < -0.39 is 33.4 Å². The molecular weight excluding hydrogens is 484 g/mol. The Morgan fingerprint density at radius 2 is 1.78 bits per heavy atom. The molecule has 0 saturated carbocycles. The fraction of sp³-hybridized carbons (Fsp3) is 0.440. The number of carbonyl (C=O) groups excluding carboxylic acids is 2. The van der Waals surface area contributed by atoms with Gasteiger partial charge >= 0.3 is 0 Å². The number of nitrogens with one attached hydrogen (secondary N) is 1. The molecule has 196 valence electrons. The predicted molar refractivity (Wildman–Crippen MR) is 139 cm³/mol. The third-order valence-corrected chi connectivity index (χ3v) is 6.65. The largest absolute Gasteiger partial charge is 0.354 e. The number of anilines is 1. The second kappa shape index (κ2) is 12.5.